The number of anilines is 1. The van der Waals surface area contributed by atoms with Crippen LogP contribution in [0.15, 0.2) is 78.9 Å². The van der Waals surface area contributed by atoms with Crippen LogP contribution >= 0.6 is 0 Å². The highest BCUT2D eigenvalue weighted by Gasteiger charge is 2.10. The average Bonchev–Trinajstić information content (AvgIpc) is 2.99. The van der Waals surface area contributed by atoms with E-state index < -0.39 is 0 Å². The Morgan fingerprint density at radius 3 is 2.25 bits per heavy atom. The molecule has 0 saturated carbocycles. The van der Waals surface area contributed by atoms with Gasteiger partial charge in [-0.25, -0.2) is 4.98 Å². The number of hydrogen-bond donors (Lipinski definition) is 1. The Labute approximate surface area is 140 Å². The first kappa shape index (κ1) is 14.3. The van der Waals surface area contributed by atoms with Crippen LogP contribution in [0, 0.1) is 0 Å². The molecule has 0 fully saturated rings. The molecule has 0 aliphatic rings. The number of nitrogens with zero attached hydrogens (tertiary/aromatic N) is 2. The van der Waals surface area contributed by atoms with Crippen molar-refractivity contribution in [3.05, 3.63) is 90.3 Å². The van der Waals surface area contributed by atoms with E-state index >= 15 is 0 Å². The summed E-state index contributed by atoms with van der Waals surface area (Å²) in [5, 5.41) is 0. The highest BCUT2D eigenvalue weighted by atomic mass is 15.1. The molecule has 3 heteroatoms. The van der Waals surface area contributed by atoms with Crippen LogP contribution in [0.5, 0.6) is 0 Å². The molecule has 0 aliphatic carbocycles. The number of fused-ring (bicyclic) bond motifs is 1. The number of nitrogen functional groups attached to an aromatic ring is 1. The van der Waals surface area contributed by atoms with Crippen LogP contribution in [0.25, 0.3) is 28.9 Å². The van der Waals surface area contributed by atoms with Crippen LogP contribution in [-0.2, 0) is 0 Å². The molecule has 24 heavy (non-hydrogen) atoms. The number of benzene rings is 3. The minimum absolute atomic E-state index is 0.721. The van der Waals surface area contributed by atoms with Gasteiger partial charge in [-0.15, -0.1) is 0 Å². The lowest BCUT2D eigenvalue weighted by Crippen LogP contribution is -1.96. The van der Waals surface area contributed by atoms with Gasteiger partial charge in [-0.3, -0.25) is 4.57 Å². The Balaban J connectivity index is 1.89. The molecule has 3 aromatic carbocycles. The molecule has 4 aromatic rings. The number of para-hydroxylation sites is 1. The summed E-state index contributed by atoms with van der Waals surface area (Å²) in [5.74, 6) is 0.880. The molecular formula is C21H17N3. The fourth-order valence-electron chi connectivity index (χ4n) is 2.81. The molecule has 0 atom stereocenters. The van der Waals surface area contributed by atoms with E-state index in [1.54, 1.807) is 0 Å². The van der Waals surface area contributed by atoms with E-state index in [9.17, 15) is 0 Å². The molecule has 0 aliphatic heterocycles. The van der Waals surface area contributed by atoms with Crippen molar-refractivity contribution in [2.75, 3.05) is 5.73 Å². The van der Waals surface area contributed by atoms with Crippen molar-refractivity contribution in [1.29, 1.82) is 0 Å². The highest BCUT2D eigenvalue weighted by Crippen LogP contribution is 2.24. The normalized spacial score (nSPS) is 11.3. The second kappa shape index (κ2) is 6.05. The van der Waals surface area contributed by atoms with E-state index in [0.717, 1.165) is 33.8 Å². The topological polar surface area (TPSA) is 43.8 Å². The number of hydrogen-bond acceptors (Lipinski definition) is 2. The summed E-state index contributed by atoms with van der Waals surface area (Å²) >= 11 is 0. The van der Waals surface area contributed by atoms with Crippen molar-refractivity contribution < 1.29 is 0 Å². The fourth-order valence-corrected chi connectivity index (χ4v) is 2.81. The summed E-state index contributed by atoms with van der Waals surface area (Å²) in [4.78, 5) is 4.76. The summed E-state index contributed by atoms with van der Waals surface area (Å²) in [5.41, 5.74) is 10.8. The van der Waals surface area contributed by atoms with Gasteiger partial charge in [0.05, 0.1) is 11.0 Å². The Kier molecular flexibility index (Phi) is 3.60. The van der Waals surface area contributed by atoms with Gasteiger partial charge in [0.15, 0.2) is 0 Å². The second-order valence-corrected chi connectivity index (χ2v) is 5.63. The van der Waals surface area contributed by atoms with Gasteiger partial charge in [0.2, 0.25) is 0 Å². The van der Waals surface area contributed by atoms with E-state index in [1.165, 1.54) is 0 Å². The van der Waals surface area contributed by atoms with Crippen LogP contribution in [0.1, 0.15) is 11.4 Å². The first-order chi connectivity index (χ1) is 11.8. The summed E-state index contributed by atoms with van der Waals surface area (Å²) in [6.07, 6.45) is 4.11. The van der Waals surface area contributed by atoms with Gasteiger partial charge in [-0.1, -0.05) is 54.6 Å². The summed E-state index contributed by atoms with van der Waals surface area (Å²) in [6.45, 7) is 0. The van der Waals surface area contributed by atoms with E-state index in [-0.39, 0.29) is 0 Å². The van der Waals surface area contributed by atoms with Crippen molar-refractivity contribution in [3.8, 4) is 5.69 Å². The van der Waals surface area contributed by atoms with Gasteiger partial charge < -0.3 is 5.73 Å². The van der Waals surface area contributed by atoms with Crippen LogP contribution in [0.4, 0.5) is 5.69 Å². The maximum Gasteiger partial charge on any atom is 0.138 e. The summed E-state index contributed by atoms with van der Waals surface area (Å²) in [7, 11) is 0. The van der Waals surface area contributed by atoms with Crippen LogP contribution in [0.2, 0.25) is 0 Å². The lowest BCUT2D eigenvalue weighted by atomic mass is 10.2. The summed E-state index contributed by atoms with van der Waals surface area (Å²) in [6, 6.07) is 26.3. The molecular weight excluding hydrogens is 294 g/mol. The van der Waals surface area contributed by atoms with Gasteiger partial charge >= 0.3 is 0 Å². The molecule has 116 valence electrons. The van der Waals surface area contributed by atoms with Crippen LogP contribution in [-0.4, -0.2) is 9.55 Å². The molecule has 1 heterocycles. The molecule has 0 radical (unpaired) electrons. The summed E-state index contributed by atoms with van der Waals surface area (Å²) < 4.78 is 2.15. The number of aromatic nitrogens is 2. The minimum Gasteiger partial charge on any atom is -0.399 e. The maximum atomic E-state index is 5.92. The Bertz CT molecular complexity index is 999. The predicted octanol–water partition coefficient (Wildman–Crippen LogP) is 4.78. The Hall–Kier alpha value is -3.33. The van der Waals surface area contributed by atoms with Crippen molar-refractivity contribution in [2.45, 2.75) is 0 Å². The van der Waals surface area contributed by atoms with Gasteiger partial charge in [-0.05, 0) is 42.0 Å². The fraction of sp³-hybridized carbons (Fsp3) is 0. The second-order valence-electron chi connectivity index (χ2n) is 5.63. The number of nitrogens with two attached hydrogens (primary N) is 1. The van der Waals surface area contributed by atoms with Crippen LogP contribution in [0.3, 0.4) is 0 Å². The van der Waals surface area contributed by atoms with Crippen molar-refractivity contribution in [1.82, 2.24) is 9.55 Å². The van der Waals surface area contributed by atoms with E-state index in [1.807, 2.05) is 60.7 Å². The van der Waals surface area contributed by atoms with Crippen molar-refractivity contribution in [2.24, 2.45) is 0 Å². The molecule has 0 unspecified atom stereocenters. The third-order valence-corrected chi connectivity index (χ3v) is 3.94. The Morgan fingerprint density at radius 1 is 0.792 bits per heavy atom. The van der Waals surface area contributed by atoms with Gasteiger partial charge in [0.1, 0.15) is 5.82 Å². The zero-order chi connectivity index (χ0) is 16.4. The number of imidazole rings is 1. The molecule has 1 aromatic heterocycles. The molecule has 0 amide bonds. The smallest absolute Gasteiger partial charge is 0.138 e. The zero-order valence-corrected chi connectivity index (χ0v) is 13.1. The van der Waals surface area contributed by atoms with Gasteiger partial charge in [0, 0.05) is 11.4 Å². The number of rotatable bonds is 3. The standard InChI is InChI=1S/C21H17N3/c22-17-12-13-20-19(15-17)23-21(14-11-16-7-3-1-4-8-16)24(20)18-9-5-2-6-10-18/h1-15H,22H2/b14-11+. The van der Waals surface area contributed by atoms with E-state index in [4.69, 9.17) is 10.7 Å². The lowest BCUT2D eigenvalue weighted by molar-refractivity contribution is 1.07. The molecule has 0 spiro atoms. The average molecular weight is 311 g/mol. The SMILES string of the molecule is Nc1ccc2c(c1)nc(/C=C/c1ccccc1)n2-c1ccccc1. The monoisotopic (exact) mass is 311 g/mol. The van der Waals surface area contributed by atoms with E-state index in [2.05, 4.69) is 34.9 Å². The molecule has 4 rings (SSSR count). The largest absolute Gasteiger partial charge is 0.399 e. The molecule has 0 bridgehead atoms. The lowest BCUT2D eigenvalue weighted by Gasteiger charge is -2.07. The maximum absolute atomic E-state index is 5.92. The molecule has 2 N–H and O–H groups in total. The van der Waals surface area contributed by atoms with Gasteiger partial charge in [0.25, 0.3) is 0 Å². The predicted molar refractivity (Wildman–Crippen MR) is 101 cm³/mol. The van der Waals surface area contributed by atoms with Crippen molar-refractivity contribution in [3.63, 3.8) is 0 Å². The van der Waals surface area contributed by atoms with Crippen LogP contribution < -0.4 is 5.73 Å². The van der Waals surface area contributed by atoms with Gasteiger partial charge in [-0.2, -0.15) is 0 Å². The third-order valence-electron chi connectivity index (χ3n) is 3.94. The minimum atomic E-state index is 0.721. The first-order valence-corrected chi connectivity index (χ1v) is 7.88. The first-order valence-electron chi connectivity index (χ1n) is 7.88. The highest BCUT2D eigenvalue weighted by molar-refractivity contribution is 5.84. The quantitative estimate of drug-likeness (QED) is 0.553. The van der Waals surface area contributed by atoms with E-state index in [0.29, 0.717) is 0 Å². The molecule has 0 saturated heterocycles. The molecule has 3 nitrogen and oxygen atoms in total. The Morgan fingerprint density at radius 2 is 1.50 bits per heavy atom. The third kappa shape index (κ3) is 2.68. The van der Waals surface area contributed by atoms with Crippen molar-refractivity contribution >= 4 is 28.9 Å². The zero-order valence-electron chi connectivity index (χ0n) is 13.1.